The molecule has 1 aliphatic rings. The molecular weight excluding hydrogens is 250 g/mol. The van der Waals surface area contributed by atoms with Crippen LogP contribution in [0.5, 0.6) is 0 Å². The molecular formula is C16H25N3O. The summed E-state index contributed by atoms with van der Waals surface area (Å²) in [5, 5.41) is 2.90. The Morgan fingerprint density at radius 2 is 2.15 bits per heavy atom. The van der Waals surface area contributed by atoms with Crippen LogP contribution in [0.25, 0.3) is 0 Å². The molecule has 1 aromatic heterocycles. The van der Waals surface area contributed by atoms with Crippen LogP contribution in [0.2, 0.25) is 0 Å². The van der Waals surface area contributed by atoms with Gasteiger partial charge in [0.1, 0.15) is 5.82 Å². The molecule has 2 heterocycles. The predicted molar refractivity (Wildman–Crippen MR) is 82.9 cm³/mol. The molecule has 1 N–H and O–H groups in total. The highest BCUT2D eigenvalue weighted by Crippen LogP contribution is 2.23. The first kappa shape index (κ1) is 14.8. The van der Waals surface area contributed by atoms with Crippen molar-refractivity contribution in [1.29, 1.82) is 0 Å². The van der Waals surface area contributed by atoms with Gasteiger partial charge in [0.2, 0.25) is 5.91 Å². The fourth-order valence-electron chi connectivity index (χ4n) is 2.36. The van der Waals surface area contributed by atoms with Crippen LogP contribution >= 0.6 is 0 Å². The van der Waals surface area contributed by atoms with Crippen LogP contribution in [0.3, 0.4) is 0 Å². The predicted octanol–water partition coefficient (Wildman–Crippen LogP) is 3.30. The number of hydrogen-bond acceptors (Lipinski definition) is 3. The third-order valence-electron chi connectivity index (χ3n) is 3.67. The number of nitrogens with one attached hydrogen (secondary N) is 1. The van der Waals surface area contributed by atoms with E-state index in [9.17, 15) is 4.79 Å². The van der Waals surface area contributed by atoms with Gasteiger partial charge in [0.05, 0.1) is 11.9 Å². The maximum absolute atomic E-state index is 11.9. The first-order valence-corrected chi connectivity index (χ1v) is 7.39. The lowest BCUT2D eigenvalue weighted by molar-refractivity contribution is -0.123. The molecule has 0 radical (unpaired) electrons. The lowest BCUT2D eigenvalue weighted by Gasteiger charge is -2.31. The average Bonchev–Trinajstić information content (AvgIpc) is 2.38. The summed E-state index contributed by atoms with van der Waals surface area (Å²) in [5.41, 5.74) is 0.375. The molecule has 1 atom stereocenters. The van der Waals surface area contributed by atoms with Crippen molar-refractivity contribution in [2.75, 3.05) is 23.3 Å². The molecule has 0 aromatic carbocycles. The van der Waals surface area contributed by atoms with Crippen LogP contribution in [0.15, 0.2) is 18.3 Å². The highest BCUT2D eigenvalue weighted by atomic mass is 16.2. The van der Waals surface area contributed by atoms with Crippen molar-refractivity contribution in [3.63, 3.8) is 0 Å². The number of rotatable bonds is 2. The zero-order valence-corrected chi connectivity index (χ0v) is 12.9. The fraction of sp³-hybridized carbons (Fsp3) is 0.625. The van der Waals surface area contributed by atoms with Gasteiger partial charge in [-0.2, -0.15) is 0 Å². The second-order valence-electron chi connectivity index (χ2n) is 6.80. The van der Waals surface area contributed by atoms with Gasteiger partial charge in [-0.15, -0.1) is 0 Å². The number of aromatic nitrogens is 1. The van der Waals surface area contributed by atoms with E-state index in [4.69, 9.17) is 0 Å². The Hall–Kier alpha value is -1.58. The maximum atomic E-state index is 11.9. The van der Waals surface area contributed by atoms with E-state index in [1.54, 1.807) is 6.20 Å². The largest absolute Gasteiger partial charge is 0.356 e. The normalized spacial score (nSPS) is 19.8. The van der Waals surface area contributed by atoms with Crippen molar-refractivity contribution in [2.45, 2.75) is 40.5 Å². The fourth-order valence-corrected chi connectivity index (χ4v) is 2.36. The van der Waals surface area contributed by atoms with Gasteiger partial charge >= 0.3 is 0 Å². The lowest BCUT2D eigenvalue weighted by Crippen LogP contribution is -2.34. The van der Waals surface area contributed by atoms with Gasteiger partial charge in [0.25, 0.3) is 0 Å². The van der Waals surface area contributed by atoms with Crippen molar-refractivity contribution in [2.24, 2.45) is 11.3 Å². The molecule has 1 fully saturated rings. The van der Waals surface area contributed by atoms with Gasteiger partial charge < -0.3 is 10.2 Å². The van der Waals surface area contributed by atoms with Crippen LogP contribution < -0.4 is 10.2 Å². The Balaban J connectivity index is 2.01. The van der Waals surface area contributed by atoms with Gasteiger partial charge in [0, 0.05) is 18.5 Å². The van der Waals surface area contributed by atoms with Crippen molar-refractivity contribution in [1.82, 2.24) is 4.98 Å². The number of nitrogens with zero attached hydrogens (tertiary/aromatic N) is 2. The van der Waals surface area contributed by atoms with Crippen molar-refractivity contribution >= 4 is 17.4 Å². The third kappa shape index (κ3) is 3.71. The van der Waals surface area contributed by atoms with Gasteiger partial charge in [-0.3, -0.25) is 4.79 Å². The summed E-state index contributed by atoms with van der Waals surface area (Å²) in [5.74, 6) is 1.75. The zero-order chi connectivity index (χ0) is 14.8. The molecule has 1 saturated heterocycles. The molecule has 4 heteroatoms. The monoisotopic (exact) mass is 275 g/mol. The summed E-state index contributed by atoms with van der Waals surface area (Å²) in [7, 11) is 0. The van der Waals surface area contributed by atoms with Crippen LogP contribution in [-0.2, 0) is 4.79 Å². The van der Waals surface area contributed by atoms with E-state index in [0.29, 0.717) is 0 Å². The summed E-state index contributed by atoms with van der Waals surface area (Å²) in [6, 6.07) is 3.93. The standard InChI is InChI=1S/C16H25N3O/c1-12-6-5-9-19(11-12)14-8-7-13(10-17-14)18-15(20)16(2,3)4/h7-8,10,12H,5-6,9,11H2,1-4H3,(H,18,20). The minimum atomic E-state index is -0.388. The molecule has 1 aliphatic heterocycles. The number of carbonyl (C=O) groups is 1. The number of hydrogen-bond donors (Lipinski definition) is 1. The van der Waals surface area contributed by atoms with E-state index in [1.165, 1.54) is 12.8 Å². The molecule has 1 amide bonds. The number of amides is 1. The Labute approximate surface area is 121 Å². The molecule has 110 valence electrons. The highest BCUT2D eigenvalue weighted by Gasteiger charge is 2.21. The van der Waals surface area contributed by atoms with E-state index in [1.807, 2.05) is 32.9 Å². The first-order valence-electron chi connectivity index (χ1n) is 7.39. The smallest absolute Gasteiger partial charge is 0.229 e. The van der Waals surface area contributed by atoms with Crippen LogP contribution in [0, 0.1) is 11.3 Å². The number of pyridine rings is 1. The summed E-state index contributed by atoms with van der Waals surface area (Å²) in [4.78, 5) is 18.7. The molecule has 20 heavy (non-hydrogen) atoms. The molecule has 0 aliphatic carbocycles. The molecule has 0 spiro atoms. The minimum Gasteiger partial charge on any atom is -0.356 e. The molecule has 4 nitrogen and oxygen atoms in total. The van der Waals surface area contributed by atoms with E-state index in [-0.39, 0.29) is 11.3 Å². The summed E-state index contributed by atoms with van der Waals surface area (Å²) >= 11 is 0. The maximum Gasteiger partial charge on any atom is 0.229 e. The van der Waals surface area contributed by atoms with Gasteiger partial charge in [0.15, 0.2) is 0 Å². The zero-order valence-electron chi connectivity index (χ0n) is 12.9. The Morgan fingerprint density at radius 3 is 2.70 bits per heavy atom. The molecule has 0 bridgehead atoms. The second kappa shape index (κ2) is 5.81. The second-order valence-corrected chi connectivity index (χ2v) is 6.80. The van der Waals surface area contributed by atoms with E-state index < -0.39 is 0 Å². The van der Waals surface area contributed by atoms with Gasteiger partial charge in [-0.1, -0.05) is 27.7 Å². The third-order valence-corrected chi connectivity index (χ3v) is 3.67. The van der Waals surface area contributed by atoms with Crippen LogP contribution in [0.4, 0.5) is 11.5 Å². The Kier molecular flexibility index (Phi) is 4.31. The van der Waals surface area contributed by atoms with E-state index >= 15 is 0 Å². The number of anilines is 2. The van der Waals surface area contributed by atoms with Crippen molar-refractivity contribution < 1.29 is 4.79 Å². The minimum absolute atomic E-state index is 0.0126. The first-order chi connectivity index (χ1) is 9.36. The topological polar surface area (TPSA) is 45.2 Å². The van der Waals surface area contributed by atoms with Gasteiger partial charge in [-0.05, 0) is 30.9 Å². The molecule has 1 unspecified atom stereocenters. The SMILES string of the molecule is CC1CCCN(c2ccc(NC(=O)C(C)(C)C)cn2)C1. The lowest BCUT2D eigenvalue weighted by atomic mass is 9.95. The van der Waals surface area contributed by atoms with Crippen molar-refractivity contribution in [3.8, 4) is 0 Å². The average molecular weight is 275 g/mol. The molecule has 0 saturated carbocycles. The van der Waals surface area contributed by atoms with Crippen LogP contribution in [-0.4, -0.2) is 24.0 Å². The van der Waals surface area contributed by atoms with Crippen LogP contribution in [0.1, 0.15) is 40.5 Å². The number of piperidine rings is 1. The molecule has 1 aromatic rings. The quantitative estimate of drug-likeness (QED) is 0.900. The summed E-state index contributed by atoms with van der Waals surface area (Å²) < 4.78 is 0. The van der Waals surface area contributed by atoms with E-state index in [2.05, 4.69) is 22.1 Å². The highest BCUT2D eigenvalue weighted by molar-refractivity contribution is 5.94. The number of carbonyl (C=O) groups excluding carboxylic acids is 1. The van der Waals surface area contributed by atoms with E-state index in [0.717, 1.165) is 30.5 Å². The molecule has 2 rings (SSSR count). The van der Waals surface area contributed by atoms with Gasteiger partial charge in [-0.25, -0.2) is 4.98 Å². The van der Waals surface area contributed by atoms with Crippen molar-refractivity contribution in [3.05, 3.63) is 18.3 Å². The Morgan fingerprint density at radius 1 is 1.40 bits per heavy atom. The Bertz CT molecular complexity index is 462. The summed E-state index contributed by atoms with van der Waals surface area (Å²) in [6.07, 6.45) is 4.28. The summed E-state index contributed by atoms with van der Waals surface area (Å²) in [6.45, 7) is 10.1.